The topological polar surface area (TPSA) is 65.4 Å². The molecule has 0 aliphatic rings. The van der Waals surface area contributed by atoms with Crippen molar-refractivity contribution in [2.24, 2.45) is 0 Å². The summed E-state index contributed by atoms with van der Waals surface area (Å²) in [5.41, 5.74) is 3.66. The third-order valence-electron chi connectivity index (χ3n) is 3.98. The molecule has 6 nitrogen and oxygen atoms in total. The first-order valence-electron chi connectivity index (χ1n) is 8.29. The molecule has 0 aliphatic carbocycles. The average molecular weight is 351 g/mol. The summed E-state index contributed by atoms with van der Waals surface area (Å²) in [6.07, 6.45) is 3.12. The van der Waals surface area contributed by atoms with Crippen molar-refractivity contribution in [3.8, 4) is 0 Å². The van der Waals surface area contributed by atoms with Gasteiger partial charge >= 0.3 is 5.97 Å². The van der Waals surface area contributed by atoms with Gasteiger partial charge in [-0.15, -0.1) is 0 Å². The number of ether oxygens (including phenoxy) is 2. The molecule has 0 amide bonds. The molecule has 0 saturated heterocycles. The summed E-state index contributed by atoms with van der Waals surface area (Å²) in [5.74, 6) is 0.328. The monoisotopic (exact) mass is 351 g/mol. The summed E-state index contributed by atoms with van der Waals surface area (Å²) < 4.78 is 12.0. The van der Waals surface area contributed by atoms with Crippen LogP contribution >= 0.6 is 0 Å². The van der Waals surface area contributed by atoms with Gasteiger partial charge in [-0.1, -0.05) is 30.3 Å². The van der Waals surface area contributed by atoms with Gasteiger partial charge in [-0.3, -0.25) is 0 Å². The number of carbonyl (C=O) groups excluding carboxylic acids is 1. The fourth-order valence-corrected chi connectivity index (χ4v) is 2.68. The van der Waals surface area contributed by atoms with Crippen LogP contribution in [0.5, 0.6) is 0 Å². The highest BCUT2D eigenvalue weighted by molar-refractivity contribution is 5.89. The van der Waals surface area contributed by atoms with Crippen LogP contribution in [0.2, 0.25) is 0 Å². The molecule has 0 fully saturated rings. The minimum atomic E-state index is -0.396. The summed E-state index contributed by atoms with van der Waals surface area (Å²) in [6, 6.07) is 15.7. The van der Waals surface area contributed by atoms with E-state index in [1.54, 1.807) is 13.2 Å². The predicted octanol–water partition coefficient (Wildman–Crippen LogP) is 3.61. The lowest BCUT2D eigenvalue weighted by molar-refractivity contribution is -0.134. The van der Waals surface area contributed by atoms with Crippen molar-refractivity contribution in [1.82, 2.24) is 9.55 Å². The van der Waals surface area contributed by atoms with Crippen molar-refractivity contribution >= 4 is 34.7 Å². The number of nitrogens with zero attached hydrogens (tertiary/aromatic N) is 2. The van der Waals surface area contributed by atoms with Crippen molar-refractivity contribution in [1.29, 1.82) is 0 Å². The summed E-state index contributed by atoms with van der Waals surface area (Å²) >= 11 is 0. The van der Waals surface area contributed by atoms with Crippen LogP contribution in [0.4, 0.5) is 11.6 Å². The lowest BCUT2D eigenvalue weighted by Gasteiger charge is -2.12. The van der Waals surface area contributed by atoms with Crippen LogP contribution in [-0.2, 0) is 20.8 Å². The maximum absolute atomic E-state index is 11.4. The van der Waals surface area contributed by atoms with Crippen molar-refractivity contribution in [2.75, 3.05) is 26.1 Å². The smallest absolute Gasteiger partial charge is 0.330 e. The van der Waals surface area contributed by atoms with E-state index in [4.69, 9.17) is 9.72 Å². The second-order valence-corrected chi connectivity index (χ2v) is 5.64. The third-order valence-corrected chi connectivity index (χ3v) is 3.98. The van der Waals surface area contributed by atoms with Crippen LogP contribution in [0.25, 0.3) is 17.1 Å². The zero-order valence-electron chi connectivity index (χ0n) is 14.8. The van der Waals surface area contributed by atoms with Crippen LogP contribution < -0.4 is 5.32 Å². The molecule has 2 aromatic carbocycles. The van der Waals surface area contributed by atoms with Crippen LogP contribution in [0.1, 0.15) is 5.56 Å². The maximum atomic E-state index is 11.4. The number of esters is 1. The number of fused-ring (bicyclic) bond motifs is 1. The molecule has 1 N–H and O–H groups in total. The normalized spacial score (nSPS) is 11.2. The van der Waals surface area contributed by atoms with Crippen LogP contribution in [0, 0.1) is 0 Å². The molecule has 3 rings (SSSR count). The lowest BCUT2D eigenvalue weighted by atomic mass is 10.1. The number of imidazole rings is 1. The number of carbonyl (C=O) groups is 1. The quantitative estimate of drug-likeness (QED) is 0.520. The number of methoxy groups -OCH3 is 2. The molecule has 134 valence electrons. The molecular weight excluding hydrogens is 330 g/mol. The van der Waals surface area contributed by atoms with Gasteiger partial charge < -0.3 is 19.4 Å². The number of anilines is 2. The first kappa shape index (κ1) is 17.7. The Labute approximate surface area is 152 Å². The molecule has 0 spiro atoms. The van der Waals surface area contributed by atoms with E-state index in [0.29, 0.717) is 13.2 Å². The van der Waals surface area contributed by atoms with Crippen molar-refractivity contribution in [2.45, 2.75) is 6.54 Å². The Kier molecular flexibility index (Phi) is 5.66. The number of benzene rings is 2. The first-order chi connectivity index (χ1) is 12.7. The minimum absolute atomic E-state index is 0.396. The number of hydrogen-bond acceptors (Lipinski definition) is 5. The summed E-state index contributed by atoms with van der Waals surface area (Å²) in [5, 5.41) is 3.37. The maximum Gasteiger partial charge on any atom is 0.330 e. The first-order valence-corrected chi connectivity index (χ1v) is 8.29. The molecule has 0 unspecified atom stereocenters. The zero-order chi connectivity index (χ0) is 18.4. The molecule has 0 radical (unpaired) electrons. The number of hydrogen-bond donors (Lipinski definition) is 1. The molecule has 0 aliphatic heterocycles. The summed E-state index contributed by atoms with van der Waals surface area (Å²) in [6.45, 7) is 1.26. The Hall–Kier alpha value is -3.12. The standard InChI is InChI=1S/C20H21N3O3/c1-25-14-13-23-18-10-6-5-9-17(18)22-20(23)21-16-8-4-3-7-15(16)11-12-19(24)26-2/h3-12H,13-14H2,1-2H3,(H,21,22)/b12-11+. The van der Waals surface area contributed by atoms with Gasteiger partial charge in [-0.2, -0.15) is 0 Å². The van der Waals surface area contributed by atoms with Crippen LogP contribution in [0.3, 0.4) is 0 Å². The highest BCUT2D eigenvalue weighted by atomic mass is 16.5. The van der Waals surface area contributed by atoms with E-state index in [9.17, 15) is 4.79 Å². The molecular formula is C20H21N3O3. The Balaban J connectivity index is 1.96. The Morgan fingerprint density at radius 2 is 1.92 bits per heavy atom. The summed E-state index contributed by atoms with van der Waals surface area (Å²) in [7, 11) is 3.04. The van der Waals surface area contributed by atoms with E-state index in [1.807, 2.05) is 48.5 Å². The minimum Gasteiger partial charge on any atom is -0.466 e. The molecule has 0 atom stereocenters. The third kappa shape index (κ3) is 3.92. The van der Waals surface area contributed by atoms with Crippen molar-refractivity contribution in [3.05, 3.63) is 60.2 Å². The Morgan fingerprint density at radius 3 is 2.73 bits per heavy atom. The van der Waals surface area contributed by atoms with Crippen molar-refractivity contribution < 1.29 is 14.3 Å². The molecule has 0 bridgehead atoms. The van der Waals surface area contributed by atoms with Crippen molar-refractivity contribution in [3.63, 3.8) is 0 Å². The molecule has 6 heteroatoms. The number of aromatic nitrogens is 2. The number of para-hydroxylation sites is 3. The van der Waals surface area contributed by atoms with Gasteiger partial charge in [0.2, 0.25) is 5.95 Å². The van der Waals surface area contributed by atoms with E-state index in [-0.39, 0.29) is 0 Å². The average Bonchev–Trinajstić information content (AvgIpc) is 3.02. The van der Waals surface area contributed by atoms with Gasteiger partial charge in [-0.25, -0.2) is 9.78 Å². The van der Waals surface area contributed by atoms with E-state index in [1.165, 1.54) is 13.2 Å². The summed E-state index contributed by atoms with van der Waals surface area (Å²) in [4.78, 5) is 16.1. The number of nitrogens with one attached hydrogen (secondary N) is 1. The zero-order valence-corrected chi connectivity index (χ0v) is 14.8. The van der Waals surface area contributed by atoms with Crippen LogP contribution in [-0.4, -0.2) is 36.3 Å². The van der Waals surface area contributed by atoms with Gasteiger partial charge in [-0.05, 0) is 29.8 Å². The highest BCUT2D eigenvalue weighted by Crippen LogP contribution is 2.25. The van der Waals surface area contributed by atoms with Crippen LogP contribution in [0.15, 0.2) is 54.6 Å². The molecule has 0 saturated carbocycles. The van der Waals surface area contributed by atoms with Gasteiger partial charge in [0.05, 0.1) is 24.8 Å². The van der Waals surface area contributed by atoms with Gasteiger partial charge in [0.15, 0.2) is 0 Å². The SMILES string of the molecule is COCCn1c(Nc2ccccc2/C=C/C(=O)OC)nc2ccccc21. The second-order valence-electron chi connectivity index (χ2n) is 5.64. The van der Waals surface area contributed by atoms with E-state index < -0.39 is 5.97 Å². The fraction of sp³-hybridized carbons (Fsp3) is 0.200. The predicted molar refractivity (Wildman–Crippen MR) is 102 cm³/mol. The largest absolute Gasteiger partial charge is 0.466 e. The fourth-order valence-electron chi connectivity index (χ4n) is 2.68. The van der Waals surface area contributed by atoms with Gasteiger partial charge in [0.1, 0.15) is 0 Å². The Morgan fingerprint density at radius 1 is 1.15 bits per heavy atom. The second kappa shape index (κ2) is 8.31. The van der Waals surface area contributed by atoms with E-state index >= 15 is 0 Å². The van der Waals surface area contributed by atoms with E-state index in [0.717, 1.165) is 28.2 Å². The Bertz CT molecular complexity index is 931. The van der Waals surface area contributed by atoms with Gasteiger partial charge in [0.25, 0.3) is 0 Å². The number of rotatable bonds is 7. The van der Waals surface area contributed by atoms with E-state index in [2.05, 4.69) is 14.6 Å². The molecule has 26 heavy (non-hydrogen) atoms. The van der Waals surface area contributed by atoms with Gasteiger partial charge in [0, 0.05) is 25.4 Å². The lowest BCUT2D eigenvalue weighted by Crippen LogP contribution is -2.08. The molecule has 3 aromatic rings. The highest BCUT2D eigenvalue weighted by Gasteiger charge is 2.11. The molecule has 1 aromatic heterocycles. The molecule has 1 heterocycles.